The van der Waals surface area contributed by atoms with Crippen molar-refractivity contribution in [2.24, 2.45) is 0 Å². The number of anilines is 2. The van der Waals surface area contributed by atoms with E-state index in [0.29, 0.717) is 13.9 Å². The third-order valence-corrected chi connectivity index (χ3v) is 12.2. The summed E-state index contributed by atoms with van der Waals surface area (Å²) >= 11 is 0. The van der Waals surface area contributed by atoms with E-state index < -0.39 is 38.3 Å². The zero-order valence-electron chi connectivity index (χ0n) is 23.6. The molecule has 5 rings (SSSR count). The molecule has 0 amide bonds. The van der Waals surface area contributed by atoms with Crippen molar-refractivity contribution in [1.82, 2.24) is 0 Å². The molecular formula is C30H27N2O9PS2. The maximum Gasteiger partial charge on any atom is 0.429 e. The van der Waals surface area contributed by atoms with E-state index in [1.54, 1.807) is 19.1 Å². The second-order valence-electron chi connectivity index (χ2n) is 10.0. The molecule has 1 aromatic heterocycles. The first-order valence-electron chi connectivity index (χ1n) is 13.0. The van der Waals surface area contributed by atoms with Gasteiger partial charge in [-0.05, 0) is 85.6 Å². The summed E-state index contributed by atoms with van der Waals surface area (Å²) in [4.78, 5) is 31.0. The summed E-state index contributed by atoms with van der Waals surface area (Å²) in [7, 11) is -13.2. The van der Waals surface area contributed by atoms with Crippen molar-refractivity contribution in [3.63, 3.8) is 0 Å². The Balaban J connectivity index is 1.71. The summed E-state index contributed by atoms with van der Waals surface area (Å²) in [5.41, 5.74) is 1.64. The van der Waals surface area contributed by atoms with Crippen LogP contribution in [0.3, 0.4) is 0 Å². The minimum absolute atomic E-state index is 0.00898. The Bertz CT molecular complexity index is 2210. The quantitative estimate of drug-likeness (QED) is 0.168. The SMILES string of the molecule is Cc1ccc(S(=O)(=O)N(c2ccc3oc(=O)c(-c4ccccc4C)cc3c2)S(=O)(=O)c2ccc(N(C)P(=O)(O)O)cc2)cc1. The van der Waals surface area contributed by atoms with Crippen LogP contribution in [0.4, 0.5) is 11.4 Å². The van der Waals surface area contributed by atoms with Crippen molar-refractivity contribution in [2.75, 3.05) is 15.4 Å². The molecule has 1 heterocycles. The molecular weight excluding hydrogens is 627 g/mol. The van der Waals surface area contributed by atoms with Crippen molar-refractivity contribution in [1.29, 1.82) is 0 Å². The predicted molar refractivity (Wildman–Crippen MR) is 168 cm³/mol. The highest BCUT2D eigenvalue weighted by Gasteiger charge is 2.37. The van der Waals surface area contributed by atoms with Gasteiger partial charge in [-0.3, -0.25) is 4.67 Å². The van der Waals surface area contributed by atoms with E-state index in [4.69, 9.17) is 4.42 Å². The average molecular weight is 655 g/mol. The van der Waals surface area contributed by atoms with E-state index in [9.17, 15) is 36.0 Å². The molecule has 0 aliphatic heterocycles. The number of aryl methyl sites for hydroxylation is 2. The third kappa shape index (κ3) is 5.80. The van der Waals surface area contributed by atoms with Gasteiger partial charge in [0.1, 0.15) is 5.58 Å². The molecule has 228 valence electrons. The number of hydrogen-bond donors (Lipinski definition) is 2. The van der Waals surface area contributed by atoms with E-state index in [2.05, 4.69) is 0 Å². The van der Waals surface area contributed by atoms with E-state index in [-0.39, 0.29) is 32.8 Å². The van der Waals surface area contributed by atoms with Crippen LogP contribution in [-0.4, -0.2) is 33.7 Å². The van der Waals surface area contributed by atoms with Gasteiger partial charge >= 0.3 is 13.4 Å². The van der Waals surface area contributed by atoms with Crippen LogP contribution in [0.1, 0.15) is 11.1 Å². The van der Waals surface area contributed by atoms with Gasteiger partial charge in [0.05, 0.1) is 21.0 Å². The molecule has 11 nitrogen and oxygen atoms in total. The smallest absolute Gasteiger partial charge is 0.422 e. The molecule has 0 aliphatic carbocycles. The topological polar surface area (TPSA) is 162 Å². The monoisotopic (exact) mass is 654 g/mol. The highest BCUT2D eigenvalue weighted by Crippen LogP contribution is 2.42. The maximum absolute atomic E-state index is 14.1. The summed E-state index contributed by atoms with van der Waals surface area (Å²) in [6.07, 6.45) is 0. The van der Waals surface area contributed by atoms with E-state index in [1.165, 1.54) is 48.5 Å². The number of benzene rings is 4. The summed E-state index contributed by atoms with van der Waals surface area (Å²) in [6.45, 7) is 3.57. The Morgan fingerprint density at radius 3 is 1.82 bits per heavy atom. The molecule has 5 aromatic rings. The summed E-state index contributed by atoms with van der Waals surface area (Å²) in [6, 6.07) is 22.6. The molecule has 0 unspecified atom stereocenters. The zero-order chi connectivity index (χ0) is 32.0. The lowest BCUT2D eigenvalue weighted by molar-refractivity contribution is 0.371. The van der Waals surface area contributed by atoms with E-state index in [1.807, 2.05) is 19.1 Å². The number of sulfonamides is 2. The molecule has 0 spiro atoms. The minimum atomic E-state index is -4.85. The van der Waals surface area contributed by atoms with Crippen LogP contribution in [0.2, 0.25) is 0 Å². The predicted octanol–water partition coefficient (Wildman–Crippen LogP) is 5.19. The van der Waals surface area contributed by atoms with Crippen LogP contribution in [0.25, 0.3) is 22.1 Å². The van der Waals surface area contributed by atoms with Gasteiger partial charge in [-0.2, -0.15) is 3.71 Å². The lowest BCUT2D eigenvalue weighted by atomic mass is 10.0. The molecule has 0 bridgehead atoms. The zero-order valence-corrected chi connectivity index (χ0v) is 26.2. The van der Waals surface area contributed by atoms with Crippen molar-refractivity contribution < 1.29 is 35.6 Å². The normalized spacial score (nSPS) is 12.3. The second-order valence-corrected chi connectivity index (χ2v) is 15.5. The summed E-state index contributed by atoms with van der Waals surface area (Å²) < 4.78 is 74.5. The van der Waals surface area contributed by atoms with Crippen LogP contribution in [0.5, 0.6) is 0 Å². The Morgan fingerprint density at radius 1 is 0.705 bits per heavy atom. The number of hydrogen-bond acceptors (Lipinski definition) is 7. The van der Waals surface area contributed by atoms with Gasteiger partial charge < -0.3 is 14.2 Å². The van der Waals surface area contributed by atoms with Gasteiger partial charge in [0.15, 0.2) is 0 Å². The molecule has 4 aromatic carbocycles. The van der Waals surface area contributed by atoms with Crippen LogP contribution in [0.15, 0.2) is 116 Å². The Kier molecular flexibility index (Phi) is 8.04. The van der Waals surface area contributed by atoms with Crippen LogP contribution < -0.4 is 14.0 Å². The summed E-state index contributed by atoms with van der Waals surface area (Å²) in [5.74, 6) is 0. The van der Waals surface area contributed by atoms with Gasteiger partial charge in [-0.25, -0.2) is 26.2 Å². The second kappa shape index (κ2) is 11.3. The van der Waals surface area contributed by atoms with Crippen molar-refractivity contribution in [2.45, 2.75) is 23.6 Å². The Morgan fingerprint density at radius 2 is 1.25 bits per heavy atom. The molecule has 14 heteroatoms. The van der Waals surface area contributed by atoms with Crippen molar-refractivity contribution in [3.8, 4) is 11.1 Å². The molecule has 0 aliphatic rings. The van der Waals surface area contributed by atoms with Crippen LogP contribution in [-0.2, 0) is 24.6 Å². The lowest BCUT2D eigenvalue weighted by Gasteiger charge is -2.25. The maximum atomic E-state index is 14.1. The van der Waals surface area contributed by atoms with Gasteiger partial charge in [0.25, 0.3) is 20.0 Å². The molecule has 44 heavy (non-hydrogen) atoms. The Hall–Kier alpha value is -4.26. The fourth-order valence-corrected chi connectivity index (χ4v) is 8.69. The standard InChI is InChI=1S/C30H27N2O9PS2/c1-20-8-13-25(14-9-20)43(37,38)32(44(39,40)26-15-10-23(11-16-26)31(3)42(34,35)36)24-12-17-29-22(18-24)19-28(30(33)41-29)27-7-5-4-6-21(27)2/h4-19H,1-3H3,(H2,34,35,36). The van der Waals surface area contributed by atoms with Crippen LogP contribution in [0, 0.1) is 13.8 Å². The number of rotatable bonds is 8. The number of nitrogens with zero attached hydrogens (tertiary/aromatic N) is 2. The average Bonchev–Trinajstić information content (AvgIpc) is 2.96. The largest absolute Gasteiger partial charge is 0.429 e. The van der Waals surface area contributed by atoms with Gasteiger partial charge in [0.2, 0.25) is 0 Å². The molecule has 0 radical (unpaired) electrons. The first-order valence-corrected chi connectivity index (χ1v) is 17.5. The Labute approximate surface area is 253 Å². The highest BCUT2D eigenvalue weighted by molar-refractivity contribution is 8.10. The first kappa shape index (κ1) is 31.2. The van der Waals surface area contributed by atoms with Gasteiger partial charge in [-0.15, -0.1) is 0 Å². The molecule has 0 atom stereocenters. The molecule has 0 fully saturated rings. The van der Waals surface area contributed by atoms with Crippen LogP contribution >= 0.6 is 7.75 Å². The van der Waals surface area contributed by atoms with Gasteiger partial charge in [-0.1, -0.05) is 42.0 Å². The molecule has 0 saturated heterocycles. The van der Waals surface area contributed by atoms with Gasteiger partial charge in [0, 0.05) is 18.1 Å². The fourth-order valence-electron chi connectivity index (χ4n) is 4.58. The number of fused-ring (bicyclic) bond motifs is 1. The molecule has 0 saturated carbocycles. The van der Waals surface area contributed by atoms with E-state index in [0.717, 1.165) is 42.4 Å². The molecule has 2 N–H and O–H groups in total. The van der Waals surface area contributed by atoms with Crippen molar-refractivity contribution in [3.05, 3.63) is 119 Å². The van der Waals surface area contributed by atoms with Crippen molar-refractivity contribution >= 4 is 50.1 Å². The third-order valence-electron chi connectivity index (χ3n) is 7.02. The minimum Gasteiger partial charge on any atom is -0.422 e. The highest BCUT2D eigenvalue weighted by atomic mass is 32.3. The lowest BCUT2D eigenvalue weighted by Crippen LogP contribution is -2.37. The fraction of sp³-hybridized carbons (Fsp3) is 0.100. The first-order chi connectivity index (χ1) is 20.6. The van der Waals surface area contributed by atoms with E-state index >= 15 is 0 Å². The summed E-state index contributed by atoms with van der Waals surface area (Å²) in [5, 5.41) is 0.276.